The Kier molecular flexibility index (Phi) is 4.92. The second kappa shape index (κ2) is 6.00. The van der Waals surface area contributed by atoms with Crippen LogP contribution in [0.2, 0.25) is 0 Å². The first-order valence-electron chi connectivity index (χ1n) is 5.32. The van der Waals surface area contributed by atoms with E-state index in [0.717, 1.165) is 0 Å². The first-order chi connectivity index (χ1) is 7.95. The van der Waals surface area contributed by atoms with E-state index in [0.29, 0.717) is 18.7 Å². The van der Waals surface area contributed by atoms with Crippen molar-refractivity contribution < 1.29 is 13.2 Å². The van der Waals surface area contributed by atoms with Crippen molar-refractivity contribution >= 4 is 15.7 Å². The van der Waals surface area contributed by atoms with Gasteiger partial charge in [0.25, 0.3) is 0 Å². The van der Waals surface area contributed by atoms with Gasteiger partial charge in [-0.1, -0.05) is 0 Å². The Hall–Kier alpha value is -1.11. The summed E-state index contributed by atoms with van der Waals surface area (Å²) >= 11 is 0. The summed E-state index contributed by atoms with van der Waals surface area (Å²) in [5.41, 5.74) is 6.04. The summed E-state index contributed by atoms with van der Waals surface area (Å²) in [5, 5.41) is 0. The maximum atomic E-state index is 11.9. The van der Waals surface area contributed by atoms with Gasteiger partial charge in [-0.05, 0) is 37.6 Å². The van der Waals surface area contributed by atoms with Crippen LogP contribution in [0.3, 0.4) is 0 Å². The largest absolute Gasteiger partial charge is 0.399 e. The molecule has 1 aromatic rings. The number of methoxy groups -OCH3 is 1. The highest BCUT2D eigenvalue weighted by Gasteiger charge is 2.16. The molecular formula is C11H18N2O3S. The number of benzene rings is 1. The van der Waals surface area contributed by atoms with Gasteiger partial charge < -0.3 is 10.5 Å². The van der Waals surface area contributed by atoms with E-state index in [-0.39, 0.29) is 10.9 Å². The van der Waals surface area contributed by atoms with Gasteiger partial charge in [-0.2, -0.15) is 0 Å². The van der Waals surface area contributed by atoms with Gasteiger partial charge >= 0.3 is 0 Å². The van der Waals surface area contributed by atoms with Crippen molar-refractivity contribution in [2.24, 2.45) is 0 Å². The average Bonchev–Trinajstić information content (AvgIpc) is 2.26. The van der Waals surface area contributed by atoms with E-state index >= 15 is 0 Å². The van der Waals surface area contributed by atoms with Gasteiger partial charge in [0, 0.05) is 25.4 Å². The highest BCUT2D eigenvalue weighted by molar-refractivity contribution is 7.89. The van der Waals surface area contributed by atoms with E-state index in [9.17, 15) is 8.42 Å². The van der Waals surface area contributed by atoms with E-state index in [4.69, 9.17) is 10.5 Å². The highest BCUT2D eigenvalue weighted by atomic mass is 32.2. The number of nitrogens with one attached hydrogen (secondary N) is 1. The third kappa shape index (κ3) is 4.33. The number of nitrogens with two attached hydrogens (primary N) is 1. The predicted molar refractivity (Wildman–Crippen MR) is 67.1 cm³/mol. The zero-order valence-electron chi connectivity index (χ0n) is 10.0. The van der Waals surface area contributed by atoms with E-state index in [2.05, 4.69) is 4.72 Å². The van der Waals surface area contributed by atoms with Gasteiger partial charge in [-0.25, -0.2) is 13.1 Å². The van der Waals surface area contributed by atoms with Crippen LogP contribution < -0.4 is 10.5 Å². The molecule has 0 saturated carbocycles. The van der Waals surface area contributed by atoms with Crippen molar-refractivity contribution in [2.45, 2.75) is 24.3 Å². The van der Waals surface area contributed by atoms with Crippen LogP contribution in [-0.4, -0.2) is 28.2 Å². The molecule has 0 bridgehead atoms. The van der Waals surface area contributed by atoms with Crippen LogP contribution in [0.5, 0.6) is 0 Å². The van der Waals surface area contributed by atoms with Crippen molar-refractivity contribution in [3.05, 3.63) is 24.3 Å². The lowest BCUT2D eigenvalue weighted by molar-refractivity contribution is 0.188. The van der Waals surface area contributed by atoms with Crippen LogP contribution in [-0.2, 0) is 14.8 Å². The lowest BCUT2D eigenvalue weighted by Crippen LogP contribution is -2.33. The van der Waals surface area contributed by atoms with Gasteiger partial charge in [0.2, 0.25) is 10.0 Å². The molecule has 3 N–H and O–H groups in total. The zero-order chi connectivity index (χ0) is 12.9. The molecule has 1 aromatic carbocycles. The Labute approximate surface area is 102 Å². The predicted octanol–water partition coefficient (Wildman–Crippen LogP) is 0.972. The average molecular weight is 258 g/mol. The van der Waals surface area contributed by atoms with Gasteiger partial charge in [-0.3, -0.25) is 0 Å². The minimum Gasteiger partial charge on any atom is -0.399 e. The maximum Gasteiger partial charge on any atom is 0.240 e. The van der Waals surface area contributed by atoms with Crippen molar-refractivity contribution in [3.8, 4) is 0 Å². The minimum absolute atomic E-state index is 0.169. The Morgan fingerprint density at radius 3 is 2.47 bits per heavy atom. The molecule has 0 spiro atoms. The number of sulfonamides is 1. The van der Waals surface area contributed by atoms with E-state index in [1.165, 1.54) is 12.1 Å². The third-order valence-electron chi connectivity index (χ3n) is 2.30. The van der Waals surface area contributed by atoms with Gasteiger partial charge in [-0.15, -0.1) is 0 Å². The molecule has 1 rings (SSSR count). The smallest absolute Gasteiger partial charge is 0.240 e. The highest BCUT2D eigenvalue weighted by Crippen LogP contribution is 2.12. The Morgan fingerprint density at radius 1 is 1.35 bits per heavy atom. The van der Waals surface area contributed by atoms with Gasteiger partial charge in [0.15, 0.2) is 0 Å². The molecule has 0 aliphatic heterocycles. The Bertz CT molecular complexity index is 442. The molecule has 96 valence electrons. The van der Waals surface area contributed by atoms with Crippen LogP contribution in [0.1, 0.15) is 13.3 Å². The molecule has 0 fully saturated rings. The fraction of sp³-hybridized carbons (Fsp3) is 0.455. The molecule has 0 radical (unpaired) electrons. The summed E-state index contributed by atoms with van der Waals surface area (Å²) in [6.45, 7) is 2.32. The lowest BCUT2D eigenvalue weighted by atomic mass is 10.3. The second-order valence-electron chi connectivity index (χ2n) is 3.87. The molecular weight excluding hydrogens is 240 g/mol. The molecule has 0 aliphatic rings. The Morgan fingerprint density at radius 2 is 1.94 bits per heavy atom. The van der Waals surface area contributed by atoms with Crippen molar-refractivity contribution in [2.75, 3.05) is 19.5 Å². The van der Waals surface area contributed by atoms with Crippen molar-refractivity contribution in [1.29, 1.82) is 0 Å². The number of hydrogen-bond donors (Lipinski definition) is 2. The van der Waals surface area contributed by atoms with Gasteiger partial charge in [0.05, 0.1) is 4.90 Å². The van der Waals surface area contributed by atoms with E-state index in [1.54, 1.807) is 26.2 Å². The van der Waals surface area contributed by atoms with E-state index < -0.39 is 10.0 Å². The van der Waals surface area contributed by atoms with E-state index in [1.807, 2.05) is 0 Å². The van der Waals surface area contributed by atoms with Crippen LogP contribution in [0.4, 0.5) is 5.69 Å². The molecule has 0 aromatic heterocycles. The molecule has 17 heavy (non-hydrogen) atoms. The summed E-state index contributed by atoms with van der Waals surface area (Å²) in [4.78, 5) is 0.218. The second-order valence-corrected chi connectivity index (χ2v) is 5.59. The number of nitrogen functional groups attached to an aromatic ring is 1. The monoisotopic (exact) mass is 258 g/mol. The summed E-state index contributed by atoms with van der Waals surface area (Å²) in [5.74, 6) is 0. The summed E-state index contributed by atoms with van der Waals surface area (Å²) < 4.78 is 31.3. The molecule has 0 amide bonds. The molecule has 5 nitrogen and oxygen atoms in total. The summed E-state index contributed by atoms with van der Waals surface area (Å²) in [6.07, 6.45) is 0.630. The number of rotatable bonds is 6. The number of ether oxygens (including phenoxy) is 1. The van der Waals surface area contributed by atoms with Crippen LogP contribution in [0.15, 0.2) is 29.2 Å². The molecule has 0 aliphatic carbocycles. The first-order valence-corrected chi connectivity index (χ1v) is 6.81. The van der Waals surface area contributed by atoms with Crippen LogP contribution >= 0.6 is 0 Å². The Balaban J connectivity index is 2.71. The summed E-state index contributed by atoms with van der Waals surface area (Å²) in [6, 6.07) is 5.93. The van der Waals surface area contributed by atoms with Crippen molar-refractivity contribution in [3.63, 3.8) is 0 Å². The fourth-order valence-corrected chi connectivity index (χ4v) is 2.61. The standard InChI is InChI=1S/C11H18N2O3S/c1-9(7-8-16-2)13-17(14,15)11-5-3-10(12)4-6-11/h3-6,9,13H,7-8,12H2,1-2H3. The molecule has 1 atom stereocenters. The van der Waals surface area contributed by atoms with Crippen LogP contribution in [0.25, 0.3) is 0 Å². The first kappa shape index (κ1) is 14.0. The van der Waals surface area contributed by atoms with Crippen LogP contribution in [0, 0.1) is 0 Å². The quantitative estimate of drug-likeness (QED) is 0.745. The number of hydrogen-bond acceptors (Lipinski definition) is 4. The molecule has 6 heteroatoms. The third-order valence-corrected chi connectivity index (χ3v) is 3.91. The molecule has 1 unspecified atom stereocenters. The SMILES string of the molecule is COCCC(C)NS(=O)(=O)c1ccc(N)cc1. The number of anilines is 1. The summed E-state index contributed by atoms with van der Waals surface area (Å²) in [7, 11) is -1.88. The van der Waals surface area contributed by atoms with Crippen molar-refractivity contribution in [1.82, 2.24) is 4.72 Å². The normalized spacial score (nSPS) is 13.5. The molecule has 0 heterocycles. The zero-order valence-corrected chi connectivity index (χ0v) is 10.8. The lowest BCUT2D eigenvalue weighted by Gasteiger charge is -2.13. The topological polar surface area (TPSA) is 81.4 Å². The minimum atomic E-state index is -3.47. The molecule has 0 saturated heterocycles. The van der Waals surface area contributed by atoms with Gasteiger partial charge in [0.1, 0.15) is 0 Å². The fourth-order valence-electron chi connectivity index (χ4n) is 1.33. The maximum absolute atomic E-state index is 11.9.